The molecule has 1 unspecified atom stereocenters. The largest absolute Gasteiger partial charge is 0.349 e. The Hall–Kier alpha value is -0.970. The van der Waals surface area contributed by atoms with E-state index < -0.39 is 23.1 Å². The third-order valence-electron chi connectivity index (χ3n) is 2.22. The summed E-state index contributed by atoms with van der Waals surface area (Å²) in [5.74, 6) is -2.46. The topological polar surface area (TPSA) is 29.1 Å². The van der Waals surface area contributed by atoms with Gasteiger partial charge >= 0.3 is 0 Å². The molecule has 1 rings (SSSR count). The van der Waals surface area contributed by atoms with Crippen molar-refractivity contribution in [3.63, 3.8) is 0 Å². The number of rotatable bonds is 3. The minimum Gasteiger partial charge on any atom is -0.349 e. The van der Waals surface area contributed by atoms with Crippen molar-refractivity contribution in [2.24, 2.45) is 0 Å². The Morgan fingerprint density at radius 1 is 1.44 bits per heavy atom. The molecule has 1 amide bonds. The minimum absolute atomic E-state index is 0.116. The van der Waals surface area contributed by atoms with Gasteiger partial charge in [-0.05, 0) is 25.5 Å². The van der Waals surface area contributed by atoms with E-state index >= 15 is 0 Å². The first-order chi connectivity index (χ1) is 7.45. The van der Waals surface area contributed by atoms with Gasteiger partial charge in [-0.1, -0.05) is 22.9 Å². The van der Waals surface area contributed by atoms with Crippen LogP contribution < -0.4 is 5.32 Å². The fraction of sp³-hybridized carbons (Fsp3) is 0.364. The number of benzene rings is 1. The first kappa shape index (κ1) is 13.1. The summed E-state index contributed by atoms with van der Waals surface area (Å²) in [7, 11) is 0. The smallest absolute Gasteiger partial charge is 0.257 e. The normalized spacial score (nSPS) is 12.3. The molecule has 0 aliphatic rings. The molecule has 5 heteroatoms. The van der Waals surface area contributed by atoms with Crippen LogP contribution in [0.1, 0.15) is 30.6 Å². The highest BCUT2D eigenvalue weighted by Crippen LogP contribution is 2.19. The van der Waals surface area contributed by atoms with Gasteiger partial charge in [0.2, 0.25) is 0 Å². The Labute approximate surface area is 101 Å². The van der Waals surface area contributed by atoms with E-state index in [0.29, 0.717) is 6.42 Å². The fourth-order valence-electron chi connectivity index (χ4n) is 1.16. The summed E-state index contributed by atoms with van der Waals surface area (Å²) in [5, 5.41) is 2.51. The van der Waals surface area contributed by atoms with Gasteiger partial charge in [-0.3, -0.25) is 4.79 Å². The molecule has 0 aliphatic heterocycles. The lowest BCUT2D eigenvalue weighted by molar-refractivity contribution is 0.0930. The predicted octanol–water partition coefficient (Wildman–Crippen LogP) is 3.26. The summed E-state index contributed by atoms with van der Waals surface area (Å²) in [6.45, 7) is 3.64. The van der Waals surface area contributed by atoms with Crippen molar-refractivity contribution >= 4 is 21.8 Å². The molecule has 1 aromatic carbocycles. The van der Waals surface area contributed by atoms with E-state index in [-0.39, 0.29) is 10.5 Å². The summed E-state index contributed by atoms with van der Waals surface area (Å²) in [6.07, 6.45) is 0.700. The van der Waals surface area contributed by atoms with Crippen LogP contribution in [0.25, 0.3) is 0 Å². The summed E-state index contributed by atoms with van der Waals surface area (Å²) in [6, 6.07) is 2.01. The number of halogens is 3. The van der Waals surface area contributed by atoms with Crippen LogP contribution in [0.3, 0.4) is 0 Å². The third kappa shape index (κ3) is 3.01. The van der Waals surface area contributed by atoms with Crippen molar-refractivity contribution in [3.8, 4) is 0 Å². The molecule has 16 heavy (non-hydrogen) atoms. The zero-order chi connectivity index (χ0) is 12.3. The van der Waals surface area contributed by atoms with E-state index in [1.807, 2.05) is 6.92 Å². The average Bonchev–Trinajstić information content (AvgIpc) is 2.15. The first-order valence-corrected chi connectivity index (χ1v) is 5.70. The van der Waals surface area contributed by atoms with Crippen molar-refractivity contribution < 1.29 is 13.6 Å². The maximum Gasteiger partial charge on any atom is 0.257 e. The maximum atomic E-state index is 13.4. The molecule has 0 bridgehead atoms. The molecular formula is C11H12BrF2NO. The van der Waals surface area contributed by atoms with Crippen molar-refractivity contribution in [1.82, 2.24) is 5.32 Å². The van der Waals surface area contributed by atoms with Gasteiger partial charge in [0, 0.05) is 10.5 Å². The molecule has 0 saturated heterocycles. The second-order valence-corrected chi connectivity index (χ2v) is 4.44. The lowest BCUT2D eigenvalue weighted by Gasteiger charge is -2.12. The Morgan fingerprint density at radius 3 is 2.38 bits per heavy atom. The molecule has 1 N–H and O–H groups in total. The van der Waals surface area contributed by atoms with E-state index in [2.05, 4.69) is 21.2 Å². The Kier molecular flexibility index (Phi) is 4.41. The van der Waals surface area contributed by atoms with Gasteiger partial charge in [0.25, 0.3) is 5.91 Å². The number of amides is 1. The molecule has 0 saturated carbocycles. The molecule has 0 fully saturated rings. The van der Waals surface area contributed by atoms with Crippen molar-refractivity contribution in [3.05, 3.63) is 33.8 Å². The van der Waals surface area contributed by atoms with Crippen LogP contribution in [0.2, 0.25) is 0 Å². The number of carbonyl (C=O) groups is 1. The monoisotopic (exact) mass is 291 g/mol. The minimum atomic E-state index is -0.868. The number of hydrogen-bond donors (Lipinski definition) is 1. The highest BCUT2D eigenvalue weighted by molar-refractivity contribution is 9.10. The van der Waals surface area contributed by atoms with Crippen LogP contribution in [0.5, 0.6) is 0 Å². The van der Waals surface area contributed by atoms with Crippen LogP contribution >= 0.6 is 15.9 Å². The molecule has 88 valence electrons. The van der Waals surface area contributed by atoms with Gasteiger partial charge in [-0.25, -0.2) is 8.78 Å². The van der Waals surface area contributed by atoms with Crippen LogP contribution in [-0.4, -0.2) is 11.9 Å². The summed E-state index contributed by atoms with van der Waals surface area (Å²) in [5.41, 5.74) is -0.538. The standard InChI is InChI=1S/C11H12BrF2NO/c1-3-6(2)15-11(16)10-8(13)4-7(12)5-9(10)14/h4-6H,3H2,1-2H3,(H,15,16). The molecule has 0 heterocycles. The van der Waals surface area contributed by atoms with E-state index in [0.717, 1.165) is 12.1 Å². The molecule has 0 radical (unpaired) electrons. The third-order valence-corrected chi connectivity index (χ3v) is 2.68. The van der Waals surface area contributed by atoms with Crippen molar-refractivity contribution in [1.29, 1.82) is 0 Å². The Balaban J connectivity index is 3.00. The number of hydrogen-bond acceptors (Lipinski definition) is 1. The molecule has 1 aromatic rings. The molecule has 2 nitrogen and oxygen atoms in total. The second-order valence-electron chi connectivity index (χ2n) is 3.53. The van der Waals surface area contributed by atoms with Gasteiger partial charge in [-0.2, -0.15) is 0 Å². The van der Waals surface area contributed by atoms with Crippen LogP contribution in [0.15, 0.2) is 16.6 Å². The van der Waals surface area contributed by atoms with Gasteiger partial charge in [0.15, 0.2) is 0 Å². The zero-order valence-corrected chi connectivity index (χ0v) is 10.6. The average molecular weight is 292 g/mol. The number of carbonyl (C=O) groups excluding carboxylic acids is 1. The fourth-order valence-corrected chi connectivity index (χ4v) is 1.56. The van der Waals surface area contributed by atoms with Crippen LogP contribution in [0.4, 0.5) is 8.78 Å². The lowest BCUT2D eigenvalue weighted by Crippen LogP contribution is -2.33. The van der Waals surface area contributed by atoms with Gasteiger partial charge in [0.05, 0.1) is 0 Å². The van der Waals surface area contributed by atoms with E-state index in [1.54, 1.807) is 6.92 Å². The Bertz CT molecular complexity index is 386. The summed E-state index contributed by atoms with van der Waals surface area (Å²) in [4.78, 5) is 11.6. The van der Waals surface area contributed by atoms with E-state index in [4.69, 9.17) is 0 Å². The van der Waals surface area contributed by atoms with Crippen molar-refractivity contribution in [2.75, 3.05) is 0 Å². The summed E-state index contributed by atoms with van der Waals surface area (Å²) < 4.78 is 27.0. The van der Waals surface area contributed by atoms with Gasteiger partial charge in [-0.15, -0.1) is 0 Å². The number of nitrogens with one attached hydrogen (secondary N) is 1. The molecule has 0 aromatic heterocycles. The first-order valence-electron chi connectivity index (χ1n) is 4.91. The SMILES string of the molecule is CCC(C)NC(=O)c1c(F)cc(Br)cc1F. The van der Waals surface area contributed by atoms with Crippen LogP contribution in [0, 0.1) is 11.6 Å². The quantitative estimate of drug-likeness (QED) is 0.910. The molecular weight excluding hydrogens is 280 g/mol. The molecule has 0 aliphatic carbocycles. The van der Waals surface area contributed by atoms with Gasteiger partial charge in [0.1, 0.15) is 17.2 Å². The van der Waals surface area contributed by atoms with E-state index in [1.165, 1.54) is 0 Å². The Morgan fingerprint density at radius 2 is 1.94 bits per heavy atom. The van der Waals surface area contributed by atoms with Crippen molar-refractivity contribution in [2.45, 2.75) is 26.3 Å². The highest BCUT2D eigenvalue weighted by atomic mass is 79.9. The van der Waals surface area contributed by atoms with Gasteiger partial charge < -0.3 is 5.32 Å². The molecule has 0 spiro atoms. The highest BCUT2D eigenvalue weighted by Gasteiger charge is 2.19. The zero-order valence-electron chi connectivity index (χ0n) is 8.98. The van der Waals surface area contributed by atoms with Crippen LogP contribution in [-0.2, 0) is 0 Å². The summed E-state index contributed by atoms with van der Waals surface area (Å²) >= 11 is 2.95. The lowest BCUT2D eigenvalue weighted by atomic mass is 10.1. The molecule has 1 atom stereocenters. The maximum absolute atomic E-state index is 13.4. The van der Waals surface area contributed by atoms with E-state index in [9.17, 15) is 13.6 Å². The second kappa shape index (κ2) is 5.39. The predicted molar refractivity (Wildman–Crippen MR) is 61.3 cm³/mol.